The smallest absolute Gasteiger partial charge is 0.144 e. The molecule has 76 valence electrons. The third-order valence-corrected chi connectivity index (χ3v) is 2.08. The van der Waals surface area contributed by atoms with Crippen LogP contribution in [0.3, 0.4) is 0 Å². The molecular weight excluding hydrogens is 188 g/mol. The molecule has 0 fully saturated rings. The van der Waals surface area contributed by atoms with E-state index in [0.29, 0.717) is 6.54 Å². The lowest BCUT2D eigenvalue weighted by atomic mass is 10.2. The lowest BCUT2D eigenvalue weighted by Crippen LogP contribution is -2.03. The Bertz CT molecular complexity index is 428. The Morgan fingerprint density at radius 2 is 2.07 bits per heavy atom. The lowest BCUT2D eigenvalue weighted by molar-refractivity contribution is 1.09. The lowest BCUT2D eigenvalue weighted by Gasteiger charge is -2.06. The van der Waals surface area contributed by atoms with E-state index in [1.54, 1.807) is 18.6 Å². The SMILES string of the molecule is Nc1ccccc1CNc1cnccn1. The Balaban J connectivity index is 2.03. The fourth-order valence-corrected chi connectivity index (χ4v) is 1.27. The van der Waals surface area contributed by atoms with E-state index in [-0.39, 0.29) is 0 Å². The van der Waals surface area contributed by atoms with Gasteiger partial charge in [-0.05, 0) is 11.6 Å². The van der Waals surface area contributed by atoms with Gasteiger partial charge in [0.15, 0.2) is 0 Å². The van der Waals surface area contributed by atoms with Crippen LogP contribution in [0.15, 0.2) is 42.9 Å². The number of hydrogen-bond donors (Lipinski definition) is 2. The fraction of sp³-hybridized carbons (Fsp3) is 0.0909. The third-order valence-electron chi connectivity index (χ3n) is 2.08. The molecule has 0 amide bonds. The maximum atomic E-state index is 5.81. The molecule has 0 saturated carbocycles. The molecule has 0 radical (unpaired) electrons. The van der Waals surface area contributed by atoms with Gasteiger partial charge in [0.2, 0.25) is 0 Å². The van der Waals surface area contributed by atoms with Crippen LogP contribution < -0.4 is 11.1 Å². The number of nitrogens with one attached hydrogen (secondary N) is 1. The molecule has 1 aromatic heterocycles. The molecule has 0 spiro atoms. The van der Waals surface area contributed by atoms with Gasteiger partial charge in [0.1, 0.15) is 5.82 Å². The van der Waals surface area contributed by atoms with Crippen molar-refractivity contribution in [2.75, 3.05) is 11.1 Å². The Morgan fingerprint density at radius 1 is 1.20 bits per heavy atom. The quantitative estimate of drug-likeness (QED) is 0.740. The summed E-state index contributed by atoms with van der Waals surface area (Å²) in [6, 6.07) is 7.75. The van der Waals surface area contributed by atoms with E-state index >= 15 is 0 Å². The van der Waals surface area contributed by atoms with Crippen molar-refractivity contribution in [2.24, 2.45) is 0 Å². The molecule has 0 aliphatic heterocycles. The number of anilines is 2. The van der Waals surface area contributed by atoms with E-state index in [2.05, 4.69) is 15.3 Å². The van der Waals surface area contributed by atoms with E-state index in [1.165, 1.54) is 0 Å². The Kier molecular flexibility index (Phi) is 2.78. The fourth-order valence-electron chi connectivity index (χ4n) is 1.27. The standard InChI is InChI=1S/C11H12N4/c12-10-4-2-1-3-9(10)7-15-11-8-13-5-6-14-11/h1-6,8H,7,12H2,(H,14,15). The summed E-state index contributed by atoms with van der Waals surface area (Å²) in [6.07, 6.45) is 4.97. The zero-order valence-electron chi connectivity index (χ0n) is 8.22. The second-order valence-corrected chi connectivity index (χ2v) is 3.14. The number of nitrogens with zero attached hydrogens (tertiary/aromatic N) is 2. The molecule has 0 aliphatic rings. The van der Waals surface area contributed by atoms with Gasteiger partial charge in [0.25, 0.3) is 0 Å². The molecule has 2 rings (SSSR count). The van der Waals surface area contributed by atoms with Crippen LogP contribution in [0.4, 0.5) is 11.5 Å². The minimum absolute atomic E-state index is 0.658. The van der Waals surface area contributed by atoms with Gasteiger partial charge in [-0.25, -0.2) is 4.98 Å². The summed E-state index contributed by atoms with van der Waals surface area (Å²) in [5.41, 5.74) is 7.65. The molecule has 1 heterocycles. The number of para-hydroxylation sites is 1. The highest BCUT2D eigenvalue weighted by molar-refractivity contribution is 5.48. The highest BCUT2D eigenvalue weighted by atomic mass is 15.0. The van der Waals surface area contributed by atoms with E-state index < -0.39 is 0 Å². The highest BCUT2D eigenvalue weighted by Gasteiger charge is 1.97. The van der Waals surface area contributed by atoms with Gasteiger partial charge in [0, 0.05) is 24.6 Å². The van der Waals surface area contributed by atoms with Crippen LogP contribution in [0.1, 0.15) is 5.56 Å². The minimum Gasteiger partial charge on any atom is -0.398 e. The van der Waals surface area contributed by atoms with Crippen molar-refractivity contribution in [1.82, 2.24) is 9.97 Å². The predicted molar refractivity (Wildman–Crippen MR) is 60.2 cm³/mol. The van der Waals surface area contributed by atoms with Crippen molar-refractivity contribution in [2.45, 2.75) is 6.54 Å². The van der Waals surface area contributed by atoms with Gasteiger partial charge in [-0.2, -0.15) is 0 Å². The van der Waals surface area contributed by atoms with E-state index in [4.69, 9.17) is 5.73 Å². The van der Waals surface area contributed by atoms with Crippen LogP contribution in [0, 0.1) is 0 Å². The first-order chi connectivity index (χ1) is 7.36. The molecule has 0 saturated heterocycles. The number of hydrogen-bond acceptors (Lipinski definition) is 4. The van der Waals surface area contributed by atoms with Gasteiger partial charge in [-0.3, -0.25) is 4.98 Å². The molecule has 1 aromatic carbocycles. The molecule has 15 heavy (non-hydrogen) atoms. The first-order valence-corrected chi connectivity index (χ1v) is 4.69. The van der Waals surface area contributed by atoms with Crippen molar-refractivity contribution < 1.29 is 0 Å². The summed E-state index contributed by atoms with van der Waals surface area (Å²) in [6.45, 7) is 0.658. The van der Waals surface area contributed by atoms with Crippen molar-refractivity contribution in [3.63, 3.8) is 0 Å². The monoisotopic (exact) mass is 200 g/mol. The number of nitrogen functional groups attached to an aromatic ring is 1. The number of benzene rings is 1. The Hall–Kier alpha value is -2.10. The molecule has 0 aliphatic carbocycles. The molecule has 4 nitrogen and oxygen atoms in total. The molecule has 3 N–H and O–H groups in total. The summed E-state index contributed by atoms with van der Waals surface area (Å²) in [5, 5.41) is 3.15. The largest absolute Gasteiger partial charge is 0.398 e. The first-order valence-electron chi connectivity index (χ1n) is 4.69. The summed E-state index contributed by atoms with van der Waals surface area (Å²) >= 11 is 0. The first kappa shape index (κ1) is 9.45. The molecule has 0 unspecified atom stereocenters. The van der Waals surface area contributed by atoms with Crippen LogP contribution in [-0.2, 0) is 6.54 Å². The Labute approximate surface area is 88.2 Å². The zero-order valence-corrected chi connectivity index (χ0v) is 8.22. The van der Waals surface area contributed by atoms with Crippen molar-refractivity contribution >= 4 is 11.5 Å². The second kappa shape index (κ2) is 4.41. The van der Waals surface area contributed by atoms with Crippen LogP contribution >= 0.6 is 0 Å². The Morgan fingerprint density at radius 3 is 2.80 bits per heavy atom. The summed E-state index contributed by atoms with van der Waals surface area (Å²) in [4.78, 5) is 8.07. The summed E-state index contributed by atoms with van der Waals surface area (Å²) in [7, 11) is 0. The van der Waals surface area contributed by atoms with Gasteiger partial charge in [-0.1, -0.05) is 18.2 Å². The average molecular weight is 200 g/mol. The summed E-state index contributed by atoms with van der Waals surface area (Å²) < 4.78 is 0. The van der Waals surface area contributed by atoms with Crippen molar-refractivity contribution in [3.05, 3.63) is 48.4 Å². The maximum Gasteiger partial charge on any atom is 0.144 e. The average Bonchev–Trinajstić information content (AvgIpc) is 2.29. The number of rotatable bonds is 3. The van der Waals surface area contributed by atoms with Crippen molar-refractivity contribution in [1.29, 1.82) is 0 Å². The van der Waals surface area contributed by atoms with Gasteiger partial charge >= 0.3 is 0 Å². The van der Waals surface area contributed by atoms with Gasteiger partial charge in [-0.15, -0.1) is 0 Å². The van der Waals surface area contributed by atoms with E-state index in [0.717, 1.165) is 17.1 Å². The van der Waals surface area contributed by atoms with Gasteiger partial charge < -0.3 is 11.1 Å². The predicted octanol–water partition coefficient (Wildman–Crippen LogP) is 1.67. The van der Waals surface area contributed by atoms with Crippen LogP contribution in [0.5, 0.6) is 0 Å². The van der Waals surface area contributed by atoms with Crippen molar-refractivity contribution in [3.8, 4) is 0 Å². The molecule has 0 atom stereocenters. The molecule has 2 aromatic rings. The minimum atomic E-state index is 0.658. The zero-order chi connectivity index (χ0) is 10.5. The van der Waals surface area contributed by atoms with E-state index in [9.17, 15) is 0 Å². The molecule has 4 heteroatoms. The maximum absolute atomic E-state index is 5.81. The normalized spacial score (nSPS) is 9.87. The van der Waals surface area contributed by atoms with Crippen LogP contribution in [-0.4, -0.2) is 9.97 Å². The van der Waals surface area contributed by atoms with Crippen LogP contribution in [0.25, 0.3) is 0 Å². The molecular formula is C11H12N4. The second-order valence-electron chi connectivity index (χ2n) is 3.14. The highest BCUT2D eigenvalue weighted by Crippen LogP contribution is 2.11. The van der Waals surface area contributed by atoms with Gasteiger partial charge in [0.05, 0.1) is 6.20 Å². The summed E-state index contributed by atoms with van der Waals surface area (Å²) in [5.74, 6) is 0.751. The topological polar surface area (TPSA) is 63.8 Å². The van der Waals surface area contributed by atoms with E-state index in [1.807, 2.05) is 24.3 Å². The number of aromatic nitrogens is 2. The van der Waals surface area contributed by atoms with Crippen LogP contribution in [0.2, 0.25) is 0 Å². The number of nitrogens with two attached hydrogens (primary N) is 1. The molecule has 0 bridgehead atoms. The third kappa shape index (κ3) is 2.43.